The third-order valence-corrected chi connectivity index (χ3v) is 9.62. The Morgan fingerprint density at radius 1 is 0.787 bits per heavy atom. The zero-order valence-electron chi connectivity index (χ0n) is 36.5. The van der Waals surface area contributed by atoms with Crippen molar-refractivity contribution in [3.05, 3.63) is 54.3 Å². The summed E-state index contributed by atoms with van der Waals surface area (Å²) in [6, 6.07) is 3.89. The van der Waals surface area contributed by atoms with Gasteiger partial charge in [0.15, 0.2) is 5.78 Å². The van der Waals surface area contributed by atoms with E-state index in [0.29, 0.717) is 18.4 Å². The Labute approximate surface area is 358 Å². The lowest BCUT2D eigenvalue weighted by atomic mass is 9.75. The second kappa shape index (κ2) is 27.9. The molecule has 0 aliphatic heterocycles. The van der Waals surface area contributed by atoms with E-state index in [0.717, 1.165) is 18.7 Å². The van der Waals surface area contributed by atoms with E-state index in [2.05, 4.69) is 57.0 Å². The smallest absolute Gasteiger partial charge is 0.331 e. The molecule has 0 fully saturated rings. The normalized spacial score (nSPS) is 12.9. The zero-order chi connectivity index (χ0) is 46.1. The first-order valence-corrected chi connectivity index (χ1v) is 20.6. The number of Topliss-reactive ketones (excluding diaryl/α,β-unsaturated/α-hetero) is 1. The van der Waals surface area contributed by atoms with Crippen molar-refractivity contribution in [1.82, 2.24) is 26.6 Å². The standard InChI is InChI=1S/C43H67N7O11/c1-9-20-45-31-16-14-30(15-17-31)40(56)47-22-21-46-38(55)26-61-23-19-28(4)34(51)24-33(42(59)60)48-29(5)13-18-32(41(57)58)49-37(54)25-43(6,7)39(27(2)3)50-36(53)12-10-11-35(52)44-8/h14-17,27,32-33,39,45,48H,4-5,9-13,18-26H2,1-3,6-8H3,(H,44,52)(H,46,55)(H,47,56)(H,49,54)(H,50,53)(H,57,58)(H,59,60)/p+1. The van der Waals surface area contributed by atoms with Crippen LogP contribution < -0.4 is 36.9 Å². The molecule has 340 valence electrons. The number of aliphatic hydroxyl groups excluding tert-OH is 1. The second-order valence-corrected chi connectivity index (χ2v) is 15.8. The number of carboxylic acids is 2. The van der Waals surface area contributed by atoms with Crippen molar-refractivity contribution in [1.29, 1.82) is 0 Å². The Hall–Kier alpha value is -5.78. The van der Waals surface area contributed by atoms with Gasteiger partial charge >= 0.3 is 17.8 Å². The number of nitrogens with one attached hydrogen (secondary N) is 7. The topological polar surface area (TPSA) is 276 Å². The molecule has 0 aromatic heterocycles. The molecule has 0 spiro atoms. The average Bonchev–Trinajstić information content (AvgIpc) is 3.19. The van der Waals surface area contributed by atoms with Crippen LogP contribution in [0.3, 0.4) is 0 Å². The number of anilines is 1. The highest BCUT2D eigenvalue weighted by atomic mass is 16.5. The molecule has 3 atom stereocenters. The molecule has 0 bridgehead atoms. The van der Waals surface area contributed by atoms with E-state index >= 15 is 0 Å². The van der Waals surface area contributed by atoms with Gasteiger partial charge in [0, 0.05) is 61.9 Å². The maximum Gasteiger partial charge on any atom is 0.331 e. The summed E-state index contributed by atoms with van der Waals surface area (Å²) in [5.41, 5.74) is 0.853. The van der Waals surface area contributed by atoms with E-state index in [1.165, 1.54) is 0 Å². The van der Waals surface area contributed by atoms with Crippen LogP contribution in [0.2, 0.25) is 0 Å². The average molecular weight is 859 g/mol. The van der Waals surface area contributed by atoms with Gasteiger partial charge in [-0.1, -0.05) is 47.8 Å². The van der Waals surface area contributed by atoms with Gasteiger partial charge in [0.25, 0.3) is 5.91 Å². The zero-order valence-corrected chi connectivity index (χ0v) is 36.5. The fraction of sp³-hybridized carbons (Fsp3) is 0.581. The predicted octanol–water partition coefficient (Wildman–Crippen LogP) is 1.58. The quantitative estimate of drug-likeness (QED) is 0.0214. The van der Waals surface area contributed by atoms with Gasteiger partial charge in [-0.25, -0.2) is 14.6 Å². The summed E-state index contributed by atoms with van der Waals surface area (Å²) in [5, 5.41) is 45.9. The second-order valence-electron chi connectivity index (χ2n) is 15.8. The van der Waals surface area contributed by atoms with Crippen LogP contribution in [0, 0.1) is 11.3 Å². The number of benzene rings is 1. The molecule has 1 rings (SSSR count). The van der Waals surface area contributed by atoms with Crippen molar-refractivity contribution in [3.63, 3.8) is 0 Å². The molecule has 0 aliphatic rings. The van der Waals surface area contributed by atoms with Gasteiger partial charge in [0.2, 0.25) is 17.7 Å². The van der Waals surface area contributed by atoms with Crippen molar-refractivity contribution >= 4 is 52.9 Å². The van der Waals surface area contributed by atoms with Crippen molar-refractivity contribution in [2.75, 3.05) is 45.2 Å². The molecular formula is C43H68N7O11+. The minimum absolute atomic E-state index is 0.0322. The summed E-state index contributed by atoms with van der Waals surface area (Å²) in [6.45, 7) is 17.8. The molecular weight excluding hydrogens is 791 g/mol. The minimum atomic E-state index is -1.40. The number of carbonyl (C=O) groups excluding carboxylic acids is 5. The fourth-order valence-electron chi connectivity index (χ4n) is 6.28. The van der Waals surface area contributed by atoms with Crippen LogP contribution in [0.1, 0.15) is 103 Å². The predicted molar refractivity (Wildman–Crippen MR) is 231 cm³/mol. The number of aliphatic hydroxyl groups is 1. The molecule has 61 heavy (non-hydrogen) atoms. The Morgan fingerprint density at radius 3 is 2.02 bits per heavy atom. The molecule has 0 heterocycles. The lowest BCUT2D eigenvalue weighted by molar-refractivity contribution is -0.431. The molecule has 3 unspecified atom stereocenters. The van der Waals surface area contributed by atoms with Crippen LogP contribution in [0.4, 0.5) is 5.69 Å². The highest BCUT2D eigenvalue weighted by Crippen LogP contribution is 2.30. The van der Waals surface area contributed by atoms with Crippen LogP contribution in [-0.4, -0.2) is 121 Å². The number of rotatable bonds is 32. The molecule has 0 radical (unpaired) electrons. The summed E-state index contributed by atoms with van der Waals surface area (Å²) in [6.07, 6.45) is 1.14. The van der Waals surface area contributed by atoms with Crippen LogP contribution >= 0.6 is 0 Å². The van der Waals surface area contributed by atoms with E-state index in [1.54, 1.807) is 33.0 Å². The maximum atomic E-state index is 13.1. The first-order valence-electron chi connectivity index (χ1n) is 20.6. The van der Waals surface area contributed by atoms with Crippen LogP contribution in [0.15, 0.2) is 48.7 Å². The summed E-state index contributed by atoms with van der Waals surface area (Å²) in [7, 11) is 1.58. The number of carboxylic acid groups (broad SMARTS) is 2. The van der Waals surface area contributed by atoms with Gasteiger partial charge in [-0.3, -0.25) is 24.0 Å². The third-order valence-electron chi connectivity index (χ3n) is 9.62. The molecule has 1 aromatic rings. The highest BCUT2D eigenvalue weighted by molar-refractivity contribution is 5.97. The number of amides is 4. The fourth-order valence-corrected chi connectivity index (χ4v) is 6.28. The third kappa shape index (κ3) is 21.9. The maximum absolute atomic E-state index is 13.1. The number of hydrogen-bond acceptors (Lipinski definition) is 10. The number of ether oxygens (including phenoxy) is 1. The summed E-state index contributed by atoms with van der Waals surface area (Å²) < 4.78 is 5.34. The van der Waals surface area contributed by atoms with Gasteiger partial charge in [-0.05, 0) is 73.3 Å². The number of allylic oxidation sites excluding steroid dienone is 1. The van der Waals surface area contributed by atoms with Crippen molar-refractivity contribution < 1.29 is 58.6 Å². The van der Waals surface area contributed by atoms with Gasteiger partial charge in [-0.2, -0.15) is 0 Å². The number of aliphatic carboxylic acids is 2. The van der Waals surface area contributed by atoms with Crippen LogP contribution in [0.5, 0.6) is 0 Å². The molecule has 18 nitrogen and oxygen atoms in total. The van der Waals surface area contributed by atoms with E-state index in [4.69, 9.17) is 4.74 Å². The molecule has 18 heteroatoms. The Bertz CT molecular complexity index is 1690. The number of hydrogen-bond donors (Lipinski definition) is 10. The van der Waals surface area contributed by atoms with E-state index in [1.807, 2.05) is 26.0 Å². The van der Waals surface area contributed by atoms with E-state index < -0.39 is 59.5 Å². The molecule has 10 N–H and O–H groups in total. The molecule has 0 saturated carbocycles. The van der Waals surface area contributed by atoms with Gasteiger partial charge in [0.1, 0.15) is 25.7 Å². The minimum Gasteiger partial charge on any atom is -0.480 e. The Morgan fingerprint density at radius 2 is 1.43 bits per heavy atom. The largest absolute Gasteiger partial charge is 0.480 e. The highest BCUT2D eigenvalue weighted by Gasteiger charge is 2.36. The molecule has 1 aromatic carbocycles. The van der Waals surface area contributed by atoms with Gasteiger partial charge < -0.3 is 52.0 Å². The summed E-state index contributed by atoms with van der Waals surface area (Å²) in [5.74, 6) is -4.72. The SMILES string of the molecule is C=C(CCC(NC(=O)CC(C)(C)C(NC(=O)CCCC(O)=[NH+]C)C(C)C)C(=O)O)NC(CC(=O)C(=C)CCOCC(=O)NCCNC(=O)c1ccc(NCCC)cc1)C(=O)O. The first-order chi connectivity index (χ1) is 28.7. The molecule has 4 amide bonds. The van der Waals surface area contributed by atoms with Crippen LogP contribution in [-0.2, 0) is 33.5 Å². The number of ketones is 1. The summed E-state index contributed by atoms with van der Waals surface area (Å²) in [4.78, 5) is 89.8. The monoisotopic (exact) mass is 858 g/mol. The van der Waals surface area contributed by atoms with Gasteiger partial charge in [0.05, 0.1) is 13.0 Å². The van der Waals surface area contributed by atoms with E-state index in [-0.39, 0.29) is 93.3 Å². The lowest BCUT2D eigenvalue weighted by Crippen LogP contribution is -2.67. The molecule has 0 saturated heterocycles. The Kier molecular flexibility index (Phi) is 24.3. The summed E-state index contributed by atoms with van der Waals surface area (Å²) >= 11 is 0. The number of carbonyl (C=O) groups is 7. The van der Waals surface area contributed by atoms with Gasteiger partial charge in [-0.15, -0.1) is 0 Å². The Balaban J connectivity index is 2.51. The van der Waals surface area contributed by atoms with E-state index in [9.17, 15) is 48.9 Å². The lowest BCUT2D eigenvalue weighted by Gasteiger charge is -2.37. The first kappa shape index (κ1) is 53.2. The molecule has 0 aliphatic carbocycles. The van der Waals surface area contributed by atoms with Crippen molar-refractivity contribution in [2.45, 2.75) is 111 Å². The van der Waals surface area contributed by atoms with Crippen molar-refractivity contribution in [3.8, 4) is 0 Å². The van der Waals surface area contributed by atoms with Crippen LogP contribution in [0.25, 0.3) is 0 Å². The van der Waals surface area contributed by atoms with Crippen molar-refractivity contribution in [2.24, 2.45) is 11.3 Å².